The van der Waals surface area contributed by atoms with Crippen LogP contribution in [0.15, 0.2) is 71.7 Å². The van der Waals surface area contributed by atoms with Crippen molar-refractivity contribution in [2.24, 2.45) is 0 Å². The van der Waals surface area contributed by atoms with Crippen molar-refractivity contribution in [1.29, 1.82) is 0 Å². The van der Waals surface area contributed by atoms with E-state index in [9.17, 15) is 9.59 Å². The molecule has 120 valence electrons. The molecule has 0 saturated heterocycles. The lowest BCUT2D eigenvalue weighted by Crippen LogP contribution is -2.21. The van der Waals surface area contributed by atoms with Crippen LogP contribution in [0.1, 0.15) is 16.1 Å². The summed E-state index contributed by atoms with van der Waals surface area (Å²) in [6.45, 7) is 1.76. The molecule has 0 atom stereocenters. The second-order valence-corrected chi connectivity index (χ2v) is 5.26. The first-order chi connectivity index (χ1) is 11.6. The zero-order valence-electron chi connectivity index (χ0n) is 13.1. The molecule has 24 heavy (non-hydrogen) atoms. The maximum Gasteiger partial charge on any atom is 0.261 e. The molecular weight excluding hydrogens is 304 g/mol. The van der Waals surface area contributed by atoms with Crippen LogP contribution in [-0.4, -0.2) is 10.9 Å². The Bertz CT molecular complexity index is 917. The number of pyridine rings is 1. The lowest BCUT2D eigenvalue weighted by atomic mass is 10.2. The predicted octanol–water partition coefficient (Wildman–Crippen LogP) is 3.73. The van der Waals surface area contributed by atoms with Gasteiger partial charge in [0.15, 0.2) is 11.2 Å². The van der Waals surface area contributed by atoms with Gasteiger partial charge in [-0.2, -0.15) is 0 Å². The molecule has 3 rings (SSSR count). The number of ether oxygens (including phenoxy) is 1. The maximum absolute atomic E-state index is 12.4. The van der Waals surface area contributed by atoms with Gasteiger partial charge in [-0.05, 0) is 31.2 Å². The fourth-order valence-corrected chi connectivity index (χ4v) is 2.21. The zero-order valence-corrected chi connectivity index (χ0v) is 13.1. The molecule has 5 nitrogen and oxygen atoms in total. The fourth-order valence-electron chi connectivity index (χ4n) is 2.21. The first kappa shape index (κ1) is 15.6. The molecule has 1 amide bonds. The van der Waals surface area contributed by atoms with Crippen LogP contribution in [0, 0.1) is 6.92 Å². The van der Waals surface area contributed by atoms with Crippen molar-refractivity contribution in [3.63, 3.8) is 0 Å². The van der Waals surface area contributed by atoms with E-state index in [-0.39, 0.29) is 11.0 Å². The molecule has 0 aliphatic heterocycles. The first-order valence-corrected chi connectivity index (χ1v) is 7.46. The summed E-state index contributed by atoms with van der Waals surface area (Å²) in [6, 6.07) is 17.7. The van der Waals surface area contributed by atoms with Crippen molar-refractivity contribution < 1.29 is 9.53 Å². The van der Waals surface area contributed by atoms with E-state index in [1.54, 1.807) is 25.1 Å². The number of carbonyl (C=O) groups is 1. The van der Waals surface area contributed by atoms with Crippen molar-refractivity contribution in [3.05, 3.63) is 88.3 Å². The van der Waals surface area contributed by atoms with Crippen LogP contribution < -0.4 is 15.5 Å². The van der Waals surface area contributed by atoms with Crippen molar-refractivity contribution in [2.45, 2.75) is 6.92 Å². The summed E-state index contributed by atoms with van der Waals surface area (Å²) in [5, 5.41) is 2.72. The predicted molar refractivity (Wildman–Crippen MR) is 92.7 cm³/mol. The number of rotatable bonds is 4. The van der Waals surface area contributed by atoms with Crippen LogP contribution in [0.25, 0.3) is 0 Å². The molecule has 0 spiro atoms. The molecule has 0 fully saturated rings. The number of aromatic amines is 1. The number of amides is 1. The Labute approximate surface area is 138 Å². The Morgan fingerprint density at radius 3 is 2.50 bits per heavy atom. The average Bonchev–Trinajstić information content (AvgIpc) is 2.57. The third kappa shape index (κ3) is 3.52. The van der Waals surface area contributed by atoms with E-state index >= 15 is 0 Å². The van der Waals surface area contributed by atoms with Gasteiger partial charge in [0.2, 0.25) is 0 Å². The molecule has 5 heteroatoms. The van der Waals surface area contributed by atoms with Gasteiger partial charge in [0, 0.05) is 18.0 Å². The SMILES string of the molecule is Cc1cc(=O)c(C(=O)Nc2ccccc2Oc2ccccc2)c[nH]1. The number of hydrogen-bond donors (Lipinski definition) is 2. The number of aryl methyl sites for hydroxylation is 1. The highest BCUT2D eigenvalue weighted by Crippen LogP contribution is 2.29. The minimum Gasteiger partial charge on any atom is -0.455 e. The highest BCUT2D eigenvalue weighted by Gasteiger charge is 2.13. The molecule has 0 aliphatic rings. The first-order valence-electron chi connectivity index (χ1n) is 7.46. The van der Waals surface area contributed by atoms with E-state index in [2.05, 4.69) is 10.3 Å². The maximum atomic E-state index is 12.4. The number of hydrogen-bond acceptors (Lipinski definition) is 3. The molecule has 1 aromatic heterocycles. The topological polar surface area (TPSA) is 71.2 Å². The molecule has 0 radical (unpaired) electrons. The summed E-state index contributed by atoms with van der Waals surface area (Å²) in [5.41, 5.74) is 0.913. The van der Waals surface area contributed by atoms with Crippen LogP contribution in [0.5, 0.6) is 11.5 Å². The summed E-state index contributed by atoms with van der Waals surface area (Å²) in [4.78, 5) is 27.2. The van der Waals surface area contributed by atoms with Crippen molar-refractivity contribution in [2.75, 3.05) is 5.32 Å². The Balaban J connectivity index is 1.85. The summed E-state index contributed by atoms with van der Waals surface area (Å²) in [6.07, 6.45) is 1.41. The van der Waals surface area contributed by atoms with E-state index in [0.29, 0.717) is 22.9 Å². The van der Waals surface area contributed by atoms with Crippen molar-refractivity contribution in [3.8, 4) is 11.5 Å². The van der Waals surface area contributed by atoms with Gasteiger partial charge >= 0.3 is 0 Å². The van der Waals surface area contributed by atoms with Gasteiger partial charge in [-0.3, -0.25) is 9.59 Å². The van der Waals surface area contributed by atoms with Gasteiger partial charge < -0.3 is 15.0 Å². The van der Waals surface area contributed by atoms with Gasteiger partial charge in [-0.25, -0.2) is 0 Å². The normalized spacial score (nSPS) is 10.2. The van der Waals surface area contributed by atoms with E-state index in [0.717, 1.165) is 0 Å². The standard InChI is InChI=1S/C19H16N2O3/c1-13-11-17(22)15(12-20-13)19(23)21-16-9-5-6-10-18(16)24-14-7-3-2-4-8-14/h2-12H,1H3,(H,20,22)(H,21,23). The second-order valence-electron chi connectivity index (χ2n) is 5.26. The lowest BCUT2D eigenvalue weighted by molar-refractivity contribution is 0.102. The second kappa shape index (κ2) is 6.83. The van der Waals surface area contributed by atoms with Gasteiger partial charge in [-0.1, -0.05) is 30.3 Å². The molecule has 2 N–H and O–H groups in total. The average molecular weight is 320 g/mol. The van der Waals surface area contributed by atoms with Gasteiger partial charge in [0.1, 0.15) is 11.3 Å². The Morgan fingerprint density at radius 2 is 1.75 bits per heavy atom. The molecule has 0 unspecified atom stereocenters. The minimum atomic E-state index is -0.486. The van der Waals surface area contributed by atoms with E-state index in [4.69, 9.17) is 4.74 Å². The fraction of sp³-hybridized carbons (Fsp3) is 0.0526. The summed E-state index contributed by atoms with van der Waals surface area (Å²) in [5.74, 6) is 0.674. The quantitative estimate of drug-likeness (QED) is 0.769. The molecular formula is C19H16N2O3. The number of H-pyrrole nitrogens is 1. The largest absolute Gasteiger partial charge is 0.455 e. The summed E-state index contributed by atoms with van der Waals surface area (Å²) in [7, 11) is 0. The van der Waals surface area contributed by atoms with Crippen molar-refractivity contribution >= 4 is 11.6 Å². The summed E-state index contributed by atoms with van der Waals surface area (Å²) < 4.78 is 5.79. The number of carbonyl (C=O) groups excluding carboxylic acids is 1. The molecule has 1 heterocycles. The van der Waals surface area contributed by atoms with Crippen LogP contribution >= 0.6 is 0 Å². The van der Waals surface area contributed by atoms with Crippen LogP contribution in [0.3, 0.4) is 0 Å². The van der Waals surface area contributed by atoms with E-state index < -0.39 is 5.91 Å². The smallest absolute Gasteiger partial charge is 0.261 e. The molecule has 0 aliphatic carbocycles. The van der Waals surface area contributed by atoms with Gasteiger partial charge in [0.05, 0.1) is 5.69 Å². The third-order valence-electron chi connectivity index (χ3n) is 3.41. The number of para-hydroxylation sites is 3. The number of anilines is 1. The minimum absolute atomic E-state index is 0.0510. The number of aromatic nitrogens is 1. The number of nitrogens with one attached hydrogen (secondary N) is 2. The Hall–Kier alpha value is -3.34. The molecule has 2 aromatic carbocycles. The van der Waals surface area contributed by atoms with Crippen molar-refractivity contribution in [1.82, 2.24) is 4.98 Å². The molecule has 3 aromatic rings. The van der Waals surface area contributed by atoms with Gasteiger partial charge in [0.25, 0.3) is 5.91 Å². The van der Waals surface area contributed by atoms with Gasteiger partial charge in [-0.15, -0.1) is 0 Å². The highest BCUT2D eigenvalue weighted by atomic mass is 16.5. The monoisotopic (exact) mass is 320 g/mol. The van der Waals surface area contributed by atoms with E-state index in [1.165, 1.54) is 12.3 Å². The molecule has 0 bridgehead atoms. The Kier molecular flexibility index (Phi) is 4.43. The third-order valence-corrected chi connectivity index (χ3v) is 3.41. The zero-order chi connectivity index (χ0) is 16.9. The van der Waals surface area contributed by atoms with Crippen LogP contribution in [0.4, 0.5) is 5.69 Å². The lowest BCUT2D eigenvalue weighted by Gasteiger charge is -2.12. The molecule has 0 saturated carbocycles. The number of benzene rings is 2. The highest BCUT2D eigenvalue weighted by molar-refractivity contribution is 6.04. The summed E-state index contributed by atoms with van der Waals surface area (Å²) >= 11 is 0. The van der Waals surface area contributed by atoms with E-state index in [1.807, 2.05) is 36.4 Å². The Morgan fingerprint density at radius 1 is 1.04 bits per heavy atom. The van der Waals surface area contributed by atoms with Crippen LogP contribution in [-0.2, 0) is 0 Å². The van der Waals surface area contributed by atoms with Crippen LogP contribution in [0.2, 0.25) is 0 Å².